The van der Waals surface area contributed by atoms with E-state index in [0.717, 1.165) is 6.42 Å². The molecule has 0 spiro atoms. The average molecular weight is 194 g/mol. The second kappa shape index (κ2) is 4.97. The Bertz CT molecular complexity index is 305. The molecular weight excluding hydrogens is 184 g/mol. The van der Waals surface area contributed by atoms with Crippen molar-refractivity contribution in [3.8, 4) is 6.19 Å². The predicted molar refractivity (Wildman–Crippen MR) is 48.1 cm³/mol. The minimum atomic E-state index is -0.382. The Labute approximate surface area is 81.2 Å². The van der Waals surface area contributed by atoms with Crippen molar-refractivity contribution in [3.05, 3.63) is 0 Å². The SMILES string of the molecule is N#CN=C1CCCN1CC(=O)NC=O. The smallest absolute Gasteiger partial charge is 0.245 e. The van der Waals surface area contributed by atoms with E-state index in [9.17, 15) is 9.59 Å². The van der Waals surface area contributed by atoms with E-state index in [1.165, 1.54) is 0 Å². The van der Waals surface area contributed by atoms with Gasteiger partial charge in [0, 0.05) is 13.0 Å². The summed E-state index contributed by atoms with van der Waals surface area (Å²) in [5, 5.41) is 10.4. The minimum Gasteiger partial charge on any atom is -0.350 e. The number of nitriles is 1. The highest BCUT2D eigenvalue weighted by Crippen LogP contribution is 2.10. The van der Waals surface area contributed by atoms with Gasteiger partial charge < -0.3 is 4.90 Å². The highest BCUT2D eigenvalue weighted by Gasteiger charge is 2.20. The summed E-state index contributed by atoms with van der Waals surface area (Å²) in [5.74, 6) is 0.237. The largest absolute Gasteiger partial charge is 0.350 e. The lowest BCUT2D eigenvalue weighted by Gasteiger charge is -2.15. The molecule has 1 fully saturated rings. The van der Waals surface area contributed by atoms with Crippen molar-refractivity contribution in [1.82, 2.24) is 10.2 Å². The zero-order valence-electron chi connectivity index (χ0n) is 7.56. The number of likely N-dealkylation sites (tertiary alicyclic amines) is 1. The lowest BCUT2D eigenvalue weighted by Crippen LogP contribution is -2.37. The first-order valence-corrected chi connectivity index (χ1v) is 4.21. The number of rotatable bonds is 3. The molecule has 14 heavy (non-hydrogen) atoms. The normalized spacial score (nSPS) is 17.9. The standard InChI is InChI=1S/C8H10N4O2/c9-5-10-7-2-1-3-12(7)4-8(14)11-6-13/h6H,1-4H2,(H,11,13,14). The molecule has 1 N–H and O–H groups in total. The van der Waals surface area contributed by atoms with Crippen molar-refractivity contribution in [2.24, 2.45) is 4.99 Å². The molecule has 6 nitrogen and oxygen atoms in total. The van der Waals surface area contributed by atoms with E-state index in [0.29, 0.717) is 25.2 Å². The fraction of sp³-hybridized carbons (Fsp3) is 0.500. The van der Waals surface area contributed by atoms with Gasteiger partial charge >= 0.3 is 0 Å². The Morgan fingerprint density at radius 2 is 2.57 bits per heavy atom. The number of hydrogen-bond acceptors (Lipinski definition) is 4. The van der Waals surface area contributed by atoms with E-state index in [4.69, 9.17) is 5.26 Å². The van der Waals surface area contributed by atoms with E-state index < -0.39 is 0 Å². The van der Waals surface area contributed by atoms with Gasteiger partial charge in [-0.05, 0) is 6.42 Å². The maximum absolute atomic E-state index is 11.0. The topological polar surface area (TPSA) is 85.6 Å². The molecule has 0 aromatic heterocycles. The van der Waals surface area contributed by atoms with Crippen molar-refractivity contribution >= 4 is 18.2 Å². The highest BCUT2D eigenvalue weighted by atomic mass is 16.2. The molecule has 0 unspecified atom stereocenters. The summed E-state index contributed by atoms with van der Waals surface area (Å²) in [4.78, 5) is 26.3. The van der Waals surface area contributed by atoms with Crippen molar-refractivity contribution in [1.29, 1.82) is 5.26 Å². The van der Waals surface area contributed by atoms with Gasteiger partial charge in [0.05, 0.1) is 6.54 Å². The first-order chi connectivity index (χ1) is 6.77. The van der Waals surface area contributed by atoms with Crippen LogP contribution in [-0.4, -0.2) is 36.1 Å². The number of amides is 2. The molecule has 0 atom stereocenters. The number of aliphatic imine (C=N–C) groups is 1. The van der Waals surface area contributed by atoms with Crippen LogP contribution in [0.1, 0.15) is 12.8 Å². The predicted octanol–water partition coefficient (Wildman–Crippen LogP) is -0.766. The third-order valence-electron chi connectivity index (χ3n) is 1.93. The average Bonchev–Trinajstić information content (AvgIpc) is 2.54. The van der Waals surface area contributed by atoms with E-state index in [2.05, 4.69) is 4.99 Å². The van der Waals surface area contributed by atoms with Crippen LogP contribution < -0.4 is 5.32 Å². The zero-order valence-corrected chi connectivity index (χ0v) is 7.56. The molecule has 0 saturated carbocycles. The molecule has 0 aromatic rings. The van der Waals surface area contributed by atoms with Gasteiger partial charge in [-0.15, -0.1) is 0 Å². The van der Waals surface area contributed by atoms with Gasteiger partial charge in [0.25, 0.3) is 0 Å². The monoisotopic (exact) mass is 194 g/mol. The molecule has 0 aromatic carbocycles. The molecule has 74 valence electrons. The summed E-state index contributed by atoms with van der Waals surface area (Å²) in [7, 11) is 0. The fourth-order valence-corrected chi connectivity index (χ4v) is 1.35. The fourth-order valence-electron chi connectivity index (χ4n) is 1.35. The number of carbonyl (C=O) groups excluding carboxylic acids is 2. The summed E-state index contributed by atoms with van der Waals surface area (Å²) in [6, 6.07) is 0. The molecule has 1 saturated heterocycles. The van der Waals surface area contributed by atoms with Crippen LogP contribution >= 0.6 is 0 Å². The quantitative estimate of drug-likeness (QED) is 0.472. The number of hydrogen-bond donors (Lipinski definition) is 1. The third-order valence-corrected chi connectivity index (χ3v) is 1.93. The van der Waals surface area contributed by atoms with E-state index in [-0.39, 0.29) is 12.5 Å². The van der Waals surface area contributed by atoms with Gasteiger partial charge in [-0.3, -0.25) is 14.9 Å². The molecule has 0 aliphatic carbocycles. The van der Waals surface area contributed by atoms with E-state index in [1.54, 1.807) is 11.1 Å². The van der Waals surface area contributed by atoms with Crippen LogP contribution in [0.25, 0.3) is 0 Å². The molecule has 1 aliphatic rings. The Hall–Kier alpha value is -1.90. The lowest BCUT2D eigenvalue weighted by molar-refractivity contribution is -0.125. The van der Waals surface area contributed by atoms with Crippen molar-refractivity contribution < 1.29 is 9.59 Å². The van der Waals surface area contributed by atoms with Crippen LogP contribution in [0.15, 0.2) is 4.99 Å². The number of amidine groups is 1. The Balaban J connectivity index is 2.52. The summed E-state index contributed by atoms with van der Waals surface area (Å²) < 4.78 is 0. The number of imide groups is 1. The van der Waals surface area contributed by atoms with Gasteiger partial charge in [-0.1, -0.05) is 0 Å². The van der Waals surface area contributed by atoms with Gasteiger partial charge in [-0.2, -0.15) is 10.3 Å². The summed E-state index contributed by atoms with van der Waals surface area (Å²) in [6.07, 6.45) is 3.63. The molecule has 1 heterocycles. The maximum Gasteiger partial charge on any atom is 0.245 e. The summed E-state index contributed by atoms with van der Waals surface area (Å²) in [5.41, 5.74) is 0. The van der Waals surface area contributed by atoms with Crippen LogP contribution in [0.5, 0.6) is 0 Å². The molecule has 1 aliphatic heterocycles. The van der Waals surface area contributed by atoms with Crippen LogP contribution in [0, 0.1) is 11.5 Å². The molecule has 0 bridgehead atoms. The molecule has 1 rings (SSSR count). The summed E-state index contributed by atoms with van der Waals surface area (Å²) in [6.45, 7) is 0.784. The first kappa shape index (κ1) is 10.2. The van der Waals surface area contributed by atoms with E-state index >= 15 is 0 Å². The first-order valence-electron chi connectivity index (χ1n) is 4.21. The van der Waals surface area contributed by atoms with Crippen LogP contribution in [0.2, 0.25) is 0 Å². The van der Waals surface area contributed by atoms with Crippen LogP contribution in [0.3, 0.4) is 0 Å². The van der Waals surface area contributed by atoms with Gasteiger partial charge in [0.2, 0.25) is 18.5 Å². The van der Waals surface area contributed by atoms with Gasteiger partial charge in [-0.25, -0.2) is 0 Å². The number of carbonyl (C=O) groups is 2. The molecule has 0 radical (unpaired) electrons. The Kier molecular flexibility index (Phi) is 3.61. The zero-order chi connectivity index (χ0) is 10.4. The third kappa shape index (κ3) is 2.55. The van der Waals surface area contributed by atoms with Crippen molar-refractivity contribution in [2.45, 2.75) is 12.8 Å². The van der Waals surface area contributed by atoms with Crippen LogP contribution in [0.4, 0.5) is 0 Å². The number of nitrogens with zero attached hydrogens (tertiary/aromatic N) is 3. The van der Waals surface area contributed by atoms with E-state index in [1.807, 2.05) is 5.32 Å². The second-order valence-electron chi connectivity index (χ2n) is 2.84. The van der Waals surface area contributed by atoms with Gasteiger partial charge in [0.1, 0.15) is 5.84 Å². The lowest BCUT2D eigenvalue weighted by atomic mass is 10.4. The highest BCUT2D eigenvalue weighted by molar-refractivity contribution is 5.92. The van der Waals surface area contributed by atoms with Crippen molar-refractivity contribution in [3.63, 3.8) is 0 Å². The number of nitrogens with one attached hydrogen (secondary N) is 1. The molecule has 2 amide bonds. The second-order valence-corrected chi connectivity index (χ2v) is 2.84. The Morgan fingerprint density at radius 3 is 3.21 bits per heavy atom. The van der Waals surface area contributed by atoms with Gasteiger partial charge in [0.15, 0.2) is 0 Å². The molecular formula is C8H10N4O2. The Morgan fingerprint density at radius 1 is 1.79 bits per heavy atom. The minimum absolute atomic E-state index is 0.0826. The summed E-state index contributed by atoms with van der Waals surface area (Å²) >= 11 is 0. The van der Waals surface area contributed by atoms with Crippen LogP contribution in [-0.2, 0) is 9.59 Å². The van der Waals surface area contributed by atoms with Crippen molar-refractivity contribution in [2.75, 3.05) is 13.1 Å². The maximum atomic E-state index is 11.0. The molecule has 6 heteroatoms.